The second kappa shape index (κ2) is 7.08. The van der Waals surface area contributed by atoms with E-state index >= 15 is 0 Å². The van der Waals surface area contributed by atoms with Gasteiger partial charge in [-0.25, -0.2) is 4.98 Å². The SMILES string of the molecule is Cc1ccc2nc(CSCC(=O)N[C@@H](C)C34CC5CC(CC(C5)C3)C4)cn2c1. The zero-order chi connectivity index (χ0) is 19.3. The molecule has 1 amide bonds. The van der Waals surface area contributed by atoms with Gasteiger partial charge in [0.2, 0.25) is 5.91 Å². The zero-order valence-electron chi connectivity index (χ0n) is 17.0. The van der Waals surface area contributed by atoms with Crippen LogP contribution in [-0.4, -0.2) is 27.1 Å². The van der Waals surface area contributed by atoms with E-state index in [0.29, 0.717) is 17.2 Å². The summed E-state index contributed by atoms with van der Waals surface area (Å²) in [6.07, 6.45) is 12.6. The predicted octanol–water partition coefficient (Wildman–Crippen LogP) is 4.60. The molecule has 28 heavy (non-hydrogen) atoms. The molecule has 0 spiro atoms. The van der Waals surface area contributed by atoms with Gasteiger partial charge in [-0.3, -0.25) is 4.79 Å². The van der Waals surface area contributed by atoms with E-state index in [1.165, 1.54) is 44.1 Å². The third kappa shape index (κ3) is 3.47. The lowest BCUT2D eigenvalue weighted by molar-refractivity contribution is -0.123. The molecule has 4 nitrogen and oxygen atoms in total. The van der Waals surface area contributed by atoms with Crippen LogP contribution >= 0.6 is 11.8 Å². The highest BCUT2D eigenvalue weighted by Crippen LogP contribution is 2.61. The van der Waals surface area contributed by atoms with Crippen LogP contribution in [0.25, 0.3) is 5.65 Å². The second-order valence-corrected chi connectivity index (χ2v) is 10.8. The number of thioether (sulfide) groups is 1. The Balaban J connectivity index is 1.14. The fourth-order valence-corrected chi connectivity index (χ4v) is 7.34. The van der Waals surface area contributed by atoms with E-state index < -0.39 is 0 Å². The van der Waals surface area contributed by atoms with Gasteiger partial charge in [0.05, 0.1) is 11.4 Å². The first-order valence-corrected chi connectivity index (χ1v) is 12.0. The van der Waals surface area contributed by atoms with E-state index in [1.807, 2.05) is 6.07 Å². The number of nitrogens with one attached hydrogen (secondary N) is 1. The van der Waals surface area contributed by atoms with E-state index in [1.54, 1.807) is 11.8 Å². The molecule has 6 rings (SSSR count). The lowest BCUT2D eigenvalue weighted by atomic mass is 9.48. The van der Waals surface area contributed by atoms with Gasteiger partial charge in [-0.2, -0.15) is 0 Å². The van der Waals surface area contributed by atoms with Crippen LogP contribution < -0.4 is 5.32 Å². The maximum atomic E-state index is 12.6. The van der Waals surface area contributed by atoms with Gasteiger partial charge in [0.15, 0.2) is 0 Å². The Hall–Kier alpha value is -1.49. The molecule has 0 saturated heterocycles. The van der Waals surface area contributed by atoms with Crippen molar-refractivity contribution in [2.75, 3.05) is 5.75 Å². The fraction of sp³-hybridized carbons (Fsp3) is 0.652. The van der Waals surface area contributed by atoms with Crippen molar-refractivity contribution in [3.63, 3.8) is 0 Å². The summed E-state index contributed by atoms with van der Waals surface area (Å²) in [6, 6.07) is 4.44. The number of hydrogen-bond donors (Lipinski definition) is 1. The average molecular weight is 398 g/mol. The molecule has 2 aromatic rings. The number of imidazole rings is 1. The minimum atomic E-state index is 0.188. The number of fused-ring (bicyclic) bond motifs is 1. The predicted molar refractivity (Wildman–Crippen MR) is 114 cm³/mol. The average Bonchev–Trinajstić information content (AvgIpc) is 3.02. The number of carbonyl (C=O) groups excluding carboxylic acids is 1. The van der Waals surface area contributed by atoms with Crippen LogP contribution in [0.2, 0.25) is 0 Å². The fourth-order valence-electron chi connectivity index (χ4n) is 6.62. The monoisotopic (exact) mass is 397 g/mol. The smallest absolute Gasteiger partial charge is 0.230 e. The number of aromatic nitrogens is 2. The van der Waals surface area contributed by atoms with Crippen molar-refractivity contribution in [3.8, 4) is 0 Å². The zero-order valence-corrected chi connectivity index (χ0v) is 17.8. The maximum absolute atomic E-state index is 12.6. The van der Waals surface area contributed by atoms with E-state index in [2.05, 4.69) is 47.0 Å². The Labute approximate surface area is 171 Å². The quantitative estimate of drug-likeness (QED) is 0.775. The Morgan fingerprint density at radius 3 is 2.57 bits per heavy atom. The first-order chi connectivity index (χ1) is 13.5. The van der Waals surface area contributed by atoms with Crippen molar-refractivity contribution in [1.29, 1.82) is 0 Å². The van der Waals surface area contributed by atoms with Crippen molar-refractivity contribution < 1.29 is 4.79 Å². The summed E-state index contributed by atoms with van der Waals surface area (Å²) in [6.45, 7) is 4.35. The van der Waals surface area contributed by atoms with Gasteiger partial charge < -0.3 is 9.72 Å². The number of amides is 1. The van der Waals surface area contributed by atoms with Gasteiger partial charge in [-0.15, -0.1) is 11.8 Å². The van der Waals surface area contributed by atoms with Crippen molar-refractivity contribution in [3.05, 3.63) is 35.8 Å². The lowest BCUT2D eigenvalue weighted by Crippen LogP contribution is -2.56. The Morgan fingerprint density at radius 1 is 1.21 bits per heavy atom. The molecule has 4 saturated carbocycles. The molecule has 150 valence electrons. The van der Waals surface area contributed by atoms with Crippen molar-refractivity contribution >= 4 is 23.3 Å². The Kier molecular flexibility index (Phi) is 4.69. The molecule has 4 aliphatic rings. The van der Waals surface area contributed by atoms with Gasteiger partial charge in [0.25, 0.3) is 0 Å². The Morgan fingerprint density at radius 2 is 1.89 bits per heavy atom. The molecule has 1 N–H and O–H groups in total. The number of nitrogens with zero attached hydrogens (tertiary/aromatic N) is 2. The van der Waals surface area contributed by atoms with Crippen LogP contribution in [0.5, 0.6) is 0 Å². The molecule has 2 aromatic heterocycles. The van der Waals surface area contributed by atoms with Crippen LogP contribution in [-0.2, 0) is 10.5 Å². The molecule has 4 aliphatic carbocycles. The van der Waals surface area contributed by atoms with Gasteiger partial charge >= 0.3 is 0 Å². The number of carbonyl (C=O) groups is 1. The molecular weight excluding hydrogens is 366 g/mol. The van der Waals surface area contributed by atoms with Crippen molar-refractivity contribution in [2.45, 2.75) is 64.2 Å². The van der Waals surface area contributed by atoms with E-state index in [4.69, 9.17) is 0 Å². The lowest BCUT2D eigenvalue weighted by Gasteiger charge is -2.59. The maximum Gasteiger partial charge on any atom is 0.230 e. The normalized spacial score (nSPS) is 32.0. The minimum absolute atomic E-state index is 0.188. The summed E-state index contributed by atoms with van der Waals surface area (Å²) in [5.74, 6) is 4.27. The van der Waals surface area contributed by atoms with Crippen LogP contribution in [0.15, 0.2) is 24.5 Å². The molecular formula is C23H31N3OS. The van der Waals surface area contributed by atoms with Gasteiger partial charge in [0, 0.05) is 24.2 Å². The summed E-state index contributed by atoms with van der Waals surface area (Å²) in [7, 11) is 0. The Bertz CT molecular complexity index is 854. The first-order valence-electron chi connectivity index (χ1n) is 10.8. The molecule has 0 aliphatic heterocycles. The highest BCUT2D eigenvalue weighted by atomic mass is 32.2. The van der Waals surface area contributed by atoms with Crippen LogP contribution in [0.4, 0.5) is 0 Å². The number of aryl methyl sites for hydroxylation is 1. The van der Waals surface area contributed by atoms with Crippen LogP contribution in [0.1, 0.15) is 56.7 Å². The van der Waals surface area contributed by atoms with Gasteiger partial charge in [-0.05, 0) is 87.2 Å². The first kappa shape index (κ1) is 18.5. The van der Waals surface area contributed by atoms with Gasteiger partial charge in [0.1, 0.15) is 5.65 Å². The van der Waals surface area contributed by atoms with Crippen LogP contribution in [0.3, 0.4) is 0 Å². The highest BCUT2D eigenvalue weighted by Gasteiger charge is 2.53. The summed E-state index contributed by atoms with van der Waals surface area (Å²) >= 11 is 1.67. The van der Waals surface area contributed by atoms with Crippen molar-refractivity contribution in [1.82, 2.24) is 14.7 Å². The summed E-state index contributed by atoms with van der Waals surface area (Å²) in [5, 5.41) is 3.37. The molecule has 1 atom stereocenters. The van der Waals surface area contributed by atoms with Gasteiger partial charge in [-0.1, -0.05) is 6.07 Å². The molecule has 4 bridgehead atoms. The van der Waals surface area contributed by atoms with E-state index in [0.717, 1.165) is 34.8 Å². The standard InChI is InChI=1S/C23H31N3OS/c1-15-3-4-21-25-20(12-26(21)11-15)13-28-14-22(27)24-16(2)23-8-17-5-18(9-23)7-19(6-17)10-23/h3-4,11-12,16-19H,5-10,13-14H2,1-2H3,(H,24,27)/t16-,17?,18?,19?,23?/m0/s1. The second-order valence-electron chi connectivity index (χ2n) is 9.77. The molecule has 0 aromatic carbocycles. The molecule has 0 radical (unpaired) electrons. The number of pyridine rings is 1. The summed E-state index contributed by atoms with van der Waals surface area (Å²) < 4.78 is 2.07. The van der Waals surface area contributed by atoms with Crippen molar-refractivity contribution in [2.24, 2.45) is 23.2 Å². The minimum Gasteiger partial charge on any atom is -0.352 e. The highest BCUT2D eigenvalue weighted by molar-refractivity contribution is 7.99. The molecule has 2 heterocycles. The molecule has 4 fully saturated rings. The molecule has 5 heteroatoms. The topological polar surface area (TPSA) is 46.4 Å². The van der Waals surface area contributed by atoms with E-state index in [-0.39, 0.29) is 5.91 Å². The third-order valence-corrected chi connectivity index (χ3v) is 8.48. The number of hydrogen-bond acceptors (Lipinski definition) is 3. The summed E-state index contributed by atoms with van der Waals surface area (Å²) in [4.78, 5) is 17.2. The third-order valence-electron chi connectivity index (χ3n) is 7.51. The van der Waals surface area contributed by atoms with Crippen LogP contribution in [0, 0.1) is 30.1 Å². The number of rotatable bonds is 6. The van der Waals surface area contributed by atoms with E-state index in [9.17, 15) is 4.79 Å². The summed E-state index contributed by atoms with van der Waals surface area (Å²) in [5.41, 5.74) is 3.62. The largest absolute Gasteiger partial charge is 0.352 e. The molecule has 0 unspecified atom stereocenters.